The maximum Gasteiger partial charge on any atom is 0.258 e. The fraction of sp³-hybridized carbons (Fsp3) is 0.222. The van der Waals surface area contributed by atoms with Crippen LogP contribution in [0.15, 0.2) is 24.3 Å². The van der Waals surface area contributed by atoms with Crippen molar-refractivity contribution >= 4 is 43.6 Å². The molecule has 0 aliphatic rings. The Kier molecular flexibility index (Phi) is 3.84. The summed E-state index contributed by atoms with van der Waals surface area (Å²) in [6.45, 7) is 3.74. The fourth-order valence-electron chi connectivity index (χ4n) is 3.00. The molecule has 0 unspecified atom stereocenters. The average Bonchev–Trinajstić information content (AvgIpc) is 3.13. The van der Waals surface area contributed by atoms with Crippen LogP contribution < -0.4 is 10.1 Å². The Balaban J connectivity index is 1.74. The third-order valence-corrected chi connectivity index (χ3v) is 5.09. The van der Waals surface area contributed by atoms with Crippen LogP contribution in [-0.2, 0) is 7.05 Å². The normalized spacial score (nSPS) is 11.2. The molecule has 3 aromatic heterocycles. The number of benzene rings is 1. The van der Waals surface area contributed by atoms with E-state index in [1.165, 1.54) is 11.3 Å². The first-order chi connectivity index (χ1) is 12.5. The number of nitrogens with zero attached hydrogens (tertiary/aromatic N) is 4. The topological polar surface area (TPSA) is 81.9 Å². The maximum absolute atomic E-state index is 12.9. The lowest BCUT2D eigenvalue weighted by molar-refractivity contribution is 0.102. The van der Waals surface area contributed by atoms with Gasteiger partial charge in [-0.2, -0.15) is 5.10 Å². The highest BCUT2D eigenvalue weighted by Crippen LogP contribution is 2.30. The first-order valence-electron chi connectivity index (χ1n) is 8.03. The molecule has 0 atom stereocenters. The van der Waals surface area contributed by atoms with E-state index < -0.39 is 0 Å². The zero-order valence-corrected chi connectivity index (χ0v) is 15.6. The molecule has 1 amide bonds. The summed E-state index contributed by atoms with van der Waals surface area (Å²) in [7, 11) is 3.45. The molecule has 1 N–H and O–H groups in total. The molecular formula is C18H17N5O2S. The van der Waals surface area contributed by atoms with Crippen LogP contribution in [0.1, 0.15) is 21.7 Å². The van der Waals surface area contributed by atoms with Crippen LogP contribution in [0.3, 0.4) is 0 Å². The Labute approximate surface area is 153 Å². The van der Waals surface area contributed by atoms with Crippen molar-refractivity contribution in [3.8, 4) is 5.75 Å². The van der Waals surface area contributed by atoms with E-state index in [0.29, 0.717) is 16.3 Å². The van der Waals surface area contributed by atoms with E-state index in [1.54, 1.807) is 17.9 Å². The lowest BCUT2D eigenvalue weighted by Gasteiger charge is -2.05. The van der Waals surface area contributed by atoms with Crippen molar-refractivity contribution in [2.45, 2.75) is 13.8 Å². The molecule has 1 aromatic carbocycles. The molecule has 0 saturated carbocycles. The van der Waals surface area contributed by atoms with Crippen LogP contribution in [0.5, 0.6) is 5.75 Å². The molecule has 8 heteroatoms. The third-order valence-electron chi connectivity index (χ3n) is 4.16. The Morgan fingerprint density at radius 2 is 2.04 bits per heavy atom. The van der Waals surface area contributed by atoms with Gasteiger partial charge in [0.2, 0.25) is 0 Å². The maximum atomic E-state index is 12.9. The molecule has 0 fully saturated rings. The van der Waals surface area contributed by atoms with Crippen molar-refractivity contribution in [2.75, 3.05) is 12.4 Å². The van der Waals surface area contributed by atoms with E-state index in [4.69, 9.17) is 4.74 Å². The fourth-order valence-corrected chi connectivity index (χ4v) is 3.89. The number of aryl methyl sites for hydroxylation is 3. The first kappa shape index (κ1) is 16.5. The molecule has 0 spiro atoms. The van der Waals surface area contributed by atoms with Gasteiger partial charge in [-0.1, -0.05) is 11.3 Å². The summed E-state index contributed by atoms with van der Waals surface area (Å²) in [6.07, 6.45) is 0. The summed E-state index contributed by atoms with van der Waals surface area (Å²) in [5.41, 5.74) is 3.60. The molecule has 0 saturated heterocycles. The number of hydrogen-bond donors (Lipinski definition) is 1. The van der Waals surface area contributed by atoms with Gasteiger partial charge < -0.3 is 4.74 Å². The van der Waals surface area contributed by atoms with Gasteiger partial charge in [0.15, 0.2) is 10.8 Å². The molecule has 132 valence electrons. The number of carbonyl (C=O) groups is 1. The van der Waals surface area contributed by atoms with Crippen molar-refractivity contribution < 1.29 is 9.53 Å². The predicted octanol–water partition coefficient (Wildman–Crippen LogP) is 3.46. The zero-order valence-electron chi connectivity index (χ0n) is 14.8. The highest BCUT2D eigenvalue weighted by molar-refractivity contribution is 7.22. The van der Waals surface area contributed by atoms with E-state index in [9.17, 15) is 4.79 Å². The molecule has 0 radical (unpaired) electrons. The van der Waals surface area contributed by atoms with Gasteiger partial charge >= 0.3 is 0 Å². The number of aromatic nitrogens is 4. The van der Waals surface area contributed by atoms with E-state index in [-0.39, 0.29) is 5.91 Å². The number of nitrogens with one attached hydrogen (secondary N) is 1. The second-order valence-electron chi connectivity index (χ2n) is 6.03. The molecule has 26 heavy (non-hydrogen) atoms. The van der Waals surface area contributed by atoms with Crippen LogP contribution in [0.4, 0.5) is 5.13 Å². The van der Waals surface area contributed by atoms with Gasteiger partial charge in [0.25, 0.3) is 5.91 Å². The number of hydrogen-bond acceptors (Lipinski definition) is 6. The van der Waals surface area contributed by atoms with Gasteiger partial charge in [0.05, 0.1) is 34.0 Å². The van der Waals surface area contributed by atoms with Crippen LogP contribution >= 0.6 is 11.3 Å². The second-order valence-corrected chi connectivity index (χ2v) is 7.06. The quantitative estimate of drug-likeness (QED) is 0.600. The van der Waals surface area contributed by atoms with Crippen LogP contribution in [0.25, 0.3) is 21.3 Å². The van der Waals surface area contributed by atoms with Gasteiger partial charge in [-0.05, 0) is 38.1 Å². The number of anilines is 1. The minimum absolute atomic E-state index is 0.220. The average molecular weight is 367 g/mol. The molecule has 3 heterocycles. The van der Waals surface area contributed by atoms with Crippen molar-refractivity contribution in [3.63, 3.8) is 0 Å². The minimum atomic E-state index is -0.220. The van der Waals surface area contributed by atoms with E-state index >= 15 is 0 Å². The molecule has 4 rings (SSSR count). The van der Waals surface area contributed by atoms with Gasteiger partial charge in [-0.3, -0.25) is 14.8 Å². The van der Waals surface area contributed by atoms with Crippen LogP contribution in [-0.4, -0.2) is 32.8 Å². The predicted molar refractivity (Wildman–Crippen MR) is 102 cm³/mol. The number of fused-ring (bicyclic) bond motifs is 2. The number of thiazole rings is 1. The summed E-state index contributed by atoms with van der Waals surface area (Å²) in [6, 6.07) is 7.41. The smallest absolute Gasteiger partial charge is 0.258 e. The number of methoxy groups -OCH3 is 1. The lowest BCUT2D eigenvalue weighted by atomic mass is 10.1. The Bertz CT molecular complexity index is 1160. The van der Waals surface area contributed by atoms with Crippen LogP contribution in [0.2, 0.25) is 0 Å². The van der Waals surface area contributed by atoms with E-state index in [0.717, 1.165) is 32.7 Å². The number of ether oxygens (including phenoxy) is 1. The zero-order chi connectivity index (χ0) is 18.4. The standard InChI is InChI=1S/C18H17N5O2S/c1-9-7-12(15-10(2)22-23(3)16(15)19-9)17(24)21-18-20-13-6-5-11(25-4)8-14(13)26-18/h5-8H,1-4H3,(H,20,21,24). The van der Waals surface area contributed by atoms with Crippen molar-refractivity contribution in [2.24, 2.45) is 7.05 Å². The molecule has 4 aromatic rings. The second kappa shape index (κ2) is 6.06. The Morgan fingerprint density at radius 3 is 2.81 bits per heavy atom. The van der Waals surface area contributed by atoms with E-state index in [1.807, 2.05) is 39.1 Å². The number of rotatable bonds is 3. The molecule has 0 aliphatic carbocycles. The number of pyridine rings is 1. The Morgan fingerprint density at radius 1 is 1.23 bits per heavy atom. The SMILES string of the molecule is COc1ccc2nc(NC(=O)c3cc(C)nc4c3c(C)nn4C)sc2c1. The van der Waals surface area contributed by atoms with Crippen molar-refractivity contribution in [3.05, 3.63) is 41.2 Å². The Hall–Kier alpha value is -3.00. The van der Waals surface area contributed by atoms with Crippen LogP contribution in [0, 0.1) is 13.8 Å². The first-order valence-corrected chi connectivity index (χ1v) is 8.85. The number of amides is 1. The van der Waals surface area contributed by atoms with Gasteiger partial charge in [-0.15, -0.1) is 0 Å². The summed E-state index contributed by atoms with van der Waals surface area (Å²) in [5, 5.41) is 8.59. The highest BCUT2D eigenvalue weighted by Gasteiger charge is 2.19. The summed E-state index contributed by atoms with van der Waals surface area (Å²) >= 11 is 1.41. The molecule has 7 nitrogen and oxygen atoms in total. The molecule has 0 bridgehead atoms. The van der Waals surface area contributed by atoms with Crippen molar-refractivity contribution in [1.29, 1.82) is 0 Å². The largest absolute Gasteiger partial charge is 0.497 e. The summed E-state index contributed by atoms with van der Waals surface area (Å²) in [4.78, 5) is 21.9. The monoisotopic (exact) mass is 367 g/mol. The molecular weight excluding hydrogens is 350 g/mol. The summed E-state index contributed by atoms with van der Waals surface area (Å²) < 4.78 is 7.88. The van der Waals surface area contributed by atoms with Gasteiger partial charge in [0, 0.05) is 12.7 Å². The van der Waals surface area contributed by atoms with Gasteiger partial charge in [-0.25, -0.2) is 9.97 Å². The minimum Gasteiger partial charge on any atom is -0.497 e. The third kappa shape index (κ3) is 2.68. The van der Waals surface area contributed by atoms with E-state index in [2.05, 4.69) is 20.4 Å². The molecule has 0 aliphatic heterocycles. The van der Waals surface area contributed by atoms with Crippen molar-refractivity contribution in [1.82, 2.24) is 19.7 Å². The lowest BCUT2D eigenvalue weighted by Crippen LogP contribution is -2.13. The summed E-state index contributed by atoms with van der Waals surface area (Å²) in [5.74, 6) is 0.541. The number of carbonyl (C=O) groups excluding carboxylic acids is 1. The highest BCUT2D eigenvalue weighted by atomic mass is 32.1. The van der Waals surface area contributed by atoms with Gasteiger partial charge in [0.1, 0.15) is 5.75 Å².